The molecule has 0 aromatic heterocycles. The molecule has 1 unspecified atom stereocenters. The molecule has 2 saturated heterocycles. The first-order chi connectivity index (χ1) is 7.73. The fraction of sp³-hybridized carbons (Fsp3) is 1.00. The highest BCUT2D eigenvalue weighted by Crippen LogP contribution is 2.34. The number of nitrogens with zero attached hydrogens (tertiary/aromatic N) is 2. The number of piperidine rings is 1. The molecule has 2 fully saturated rings. The Morgan fingerprint density at radius 3 is 1.88 bits per heavy atom. The van der Waals surface area contributed by atoms with E-state index in [0.717, 1.165) is 0 Å². The van der Waals surface area contributed by atoms with Gasteiger partial charge in [-0.15, -0.1) is 0 Å². The van der Waals surface area contributed by atoms with Crippen LogP contribution in [0.4, 0.5) is 0 Å². The number of hydrogen-bond acceptors (Lipinski definition) is 2. The molecule has 2 nitrogen and oxygen atoms in total. The summed E-state index contributed by atoms with van der Waals surface area (Å²) in [6, 6.07) is 0. The molecule has 0 N–H and O–H groups in total. The van der Waals surface area contributed by atoms with E-state index in [-0.39, 0.29) is 0 Å². The summed E-state index contributed by atoms with van der Waals surface area (Å²) in [6.07, 6.45) is 5.66. The van der Waals surface area contributed by atoms with E-state index in [4.69, 9.17) is 0 Å². The van der Waals surface area contributed by atoms with Crippen molar-refractivity contribution in [3.05, 3.63) is 0 Å². The van der Waals surface area contributed by atoms with Crippen molar-refractivity contribution < 1.29 is 0 Å². The van der Waals surface area contributed by atoms with Gasteiger partial charge in [0.05, 0.1) is 0 Å². The van der Waals surface area contributed by atoms with Crippen LogP contribution in [-0.2, 0) is 0 Å². The summed E-state index contributed by atoms with van der Waals surface area (Å²) in [4.78, 5) is 5.07. The van der Waals surface area contributed by atoms with Crippen LogP contribution in [0.3, 0.4) is 0 Å². The molecule has 0 aromatic carbocycles. The van der Waals surface area contributed by atoms with Crippen LogP contribution in [0.2, 0.25) is 0 Å². The predicted octanol–water partition coefficient (Wildman–Crippen LogP) is 3.23. The minimum atomic E-state index is 0.562. The molecule has 98 valence electrons. The van der Waals surface area contributed by atoms with Gasteiger partial charge in [0.1, 0.15) is 0 Å². The molecule has 1 atom stereocenters. The Kier molecular flexibility index (Phi) is 8.04. The lowest BCUT2D eigenvalue weighted by molar-refractivity contribution is 0.0821. The van der Waals surface area contributed by atoms with E-state index in [1.165, 1.54) is 45.3 Å². The highest BCUT2D eigenvalue weighted by Gasteiger charge is 2.41. The minimum Gasteiger partial charge on any atom is -0.304 e. The molecule has 2 heteroatoms. The van der Waals surface area contributed by atoms with Gasteiger partial charge in [0.15, 0.2) is 0 Å². The van der Waals surface area contributed by atoms with E-state index in [1.807, 2.05) is 27.7 Å². The van der Waals surface area contributed by atoms with Crippen molar-refractivity contribution in [1.82, 2.24) is 9.80 Å². The third kappa shape index (κ3) is 3.74. The minimum absolute atomic E-state index is 0.562. The summed E-state index contributed by atoms with van der Waals surface area (Å²) in [5.41, 5.74) is 0.562. The smallest absolute Gasteiger partial charge is 0.0345 e. The lowest BCUT2D eigenvalue weighted by Crippen LogP contribution is -2.51. The van der Waals surface area contributed by atoms with E-state index in [2.05, 4.69) is 23.9 Å². The van der Waals surface area contributed by atoms with Crippen molar-refractivity contribution in [3.63, 3.8) is 0 Å². The Hall–Kier alpha value is -0.0800. The molecule has 1 spiro atoms. The molecule has 16 heavy (non-hydrogen) atoms. The van der Waals surface area contributed by atoms with Crippen LogP contribution >= 0.6 is 0 Å². The van der Waals surface area contributed by atoms with Gasteiger partial charge in [-0.1, -0.05) is 34.1 Å². The zero-order chi connectivity index (χ0) is 12.6. The van der Waals surface area contributed by atoms with Gasteiger partial charge in [0.2, 0.25) is 0 Å². The average Bonchev–Trinajstić information content (AvgIpc) is 2.71. The predicted molar refractivity (Wildman–Crippen MR) is 74.0 cm³/mol. The summed E-state index contributed by atoms with van der Waals surface area (Å²) < 4.78 is 0. The largest absolute Gasteiger partial charge is 0.304 e. The van der Waals surface area contributed by atoms with E-state index < -0.39 is 0 Å². The first kappa shape index (κ1) is 15.9. The normalized spacial score (nSPS) is 30.4. The first-order valence-corrected chi connectivity index (χ1v) is 7.13. The van der Waals surface area contributed by atoms with Gasteiger partial charge in [-0.2, -0.15) is 0 Å². The number of rotatable bonds is 0. The van der Waals surface area contributed by atoms with Crippen molar-refractivity contribution in [2.45, 2.75) is 58.9 Å². The molecule has 0 amide bonds. The Morgan fingerprint density at radius 2 is 1.44 bits per heavy atom. The highest BCUT2D eigenvalue weighted by molar-refractivity contribution is 4.98. The molecule has 0 aliphatic carbocycles. The maximum Gasteiger partial charge on any atom is 0.0345 e. The molecule has 2 rings (SSSR count). The van der Waals surface area contributed by atoms with Gasteiger partial charge in [0.25, 0.3) is 0 Å². The SMILES string of the molecule is CC.CC.CN1CCC2(CCCCN2C)C1. The lowest BCUT2D eigenvalue weighted by atomic mass is 9.86. The van der Waals surface area contributed by atoms with E-state index >= 15 is 0 Å². The molecular weight excluding hydrogens is 196 g/mol. The monoisotopic (exact) mass is 228 g/mol. The summed E-state index contributed by atoms with van der Waals surface area (Å²) >= 11 is 0. The summed E-state index contributed by atoms with van der Waals surface area (Å²) in [5.74, 6) is 0. The molecule has 0 aromatic rings. The standard InChI is InChI=1S/C10H20N2.2C2H6/c1-11-8-6-10(9-11)5-3-4-7-12(10)2;2*1-2/h3-9H2,1-2H3;2*1-2H3. The maximum absolute atomic E-state index is 2.60. The van der Waals surface area contributed by atoms with Crippen molar-refractivity contribution in [3.8, 4) is 0 Å². The second-order valence-electron chi connectivity index (χ2n) is 4.59. The first-order valence-electron chi connectivity index (χ1n) is 7.13. The average molecular weight is 228 g/mol. The summed E-state index contributed by atoms with van der Waals surface area (Å²) in [6.45, 7) is 11.9. The fourth-order valence-corrected chi connectivity index (χ4v) is 2.81. The van der Waals surface area contributed by atoms with Gasteiger partial charge >= 0.3 is 0 Å². The van der Waals surface area contributed by atoms with Crippen LogP contribution in [0.1, 0.15) is 53.4 Å². The quantitative estimate of drug-likeness (QED) is 0.628. The highest BCUT2D eigenvalue weighted by atomic mass is 15.3. The van der Waals surface area contributed by atoms with Crippen LogP contribution in [0.5, 0.6) is 0 Å². The van der Waals surface area contributed by atoms with Gasteiger partial charge < -0.3 is 4.90 Å². The Morgan fingerprint density at radius 1 is 0.812 bits per heavy atom. The van der Waals surface area contributed by atoms with Gasteiger partial charge in [-0.3, -0.25) is 4.90 Å². The molecule has 2 aliphatic heterocycles. The third-order valence-corrected chi connectivity index (χ3v) is 3.72. The number of hydrogen-bond donors (Lipinski definition) is 0. The molecule has 0 saturated carbocycles. The molecular formula is C14H32N2. The van der Waals surface area contributed by atoms with E-state index in [1.54, 1.807) is 0 Å². The maximum atomic E-state index is 2.60. The second-order valence-corrected chi connectivity index (χ2v) is 4.59. The van der Waals surface area contributed by atoms with Gasteiger partial charge in [0, 0.05) is 12.1 Å². The number of likely N-dealkylation sites (N-methyl/N-ethyl adjacent to an activating group) is 2. The van der Waals surface area contributed by atoms with Crippen molar-refractivity contribution in [1.29, 1.82) is 0 Å². The molecule has 0 bridgehead atoms. The summed E-state index contributed by atoms with van der Waals surface area (Å²) in [7, 11) is 4.55. The number of likely N-dealkylation sites (tertiary alicyclic amines) is 2. The summed E-state index contributed by atoms with van der Waals surface area (Å²) in [5, 5.41) is 0. The fourth-order valence-electron chi connectivity index (χ4n) is 2.81. The van der Waals surface area contributed by atoms with Crippen molar-refractivity contribution in [2.75, 3.05) is 33.7 Å². The van der Waals surface area contributed by atoms with Crippen molar-refractivity contribution in [2.24, 2.45) is 0 Å². The van der Waals surface area contributed by atoms with Crippen LogP contribution in [-0.4, -0.2) is 49.1 Å². The zero-order valence-electron chi connectivity index (χ0n) is 12.3. The Balaban J connectivity index is 0.000000509. The Labute approximate surface area is 103 Å². The van der Waals surface area contributed by atoms with Crippen LogP contribution in [0.15, 0.2) is 0 Å². The lowest BCUT2D eigenvalue weighted by Gasteiger charge is -2.42. The Bertz CT molecular complexity index is 166. The van der Waals surface area contributed by atoms with Crippen LogP contribution < -0.4 is 0 Å². The van der Waals surface area contributed by atoms with E-state index in [9.17, 15) is 0 Å². The zero-order valence-corrected chi connectivity index (χ0v) is 12.3. The third-order valence-electron chi connectivity index (χ3n) is 3.72. The second kappa shape index (κ2) is 8.08. The molecule has 2 aliphatic rings. The molecule has 2 heterocycles. The van der Waals surface area contributed by atoms with Gasteiger partial charge in [-0.25, -0.2) is 0 Å². The van der Waals surface area contributed by atoms with Crippen LogP contribution in [0.25, 0.3) is 0 Å². The van der Waals surface area contributed by atoms with Gasteiger partial charge in [-0.05, 0) is 46.4 Å². The van der Waals surface area contributed by atoms with Crippen LogP contribution in [0, 0.1) is 0 Å². The topological polar surface area (TPSA) is 6.48 Å². The van der Waals surface area contributed by atoms with Crippen molar-refractivity contribution >= 4 is 0 Å². The molecule has 0 radical (unpaired) electrons. The van der Waals surface area contributed by atoms with E-state index in [0.29, 0.717) is 5.54 Å².